The lowest BCUT2D eigenvalue weighted by atomic mass is 10.2. The molecule has 3 N–H and O–H groups in total. The Labute approximate surface area is 119 Å². The third-order valence-electron chi connectivity index (χ3n) is 2.81. The number of anilines is 2. The smallest absolute Gasteiger partial charge is 0.244 e. The molecule has 2 heterocycles. The highest BCUT2D eigenvalue weighted by atomic mass is 79.9. The van der Waals surface area contributed by atoms with E-state index in [1.54, 1.807) is 18.0 Å². The zero-order valence-electron chi connectivity index (χ0n) is 10.6. The highest BCUT2D eigenvalue weighted by molar-refractivity contribution is 9.10. The van der Waals surface area contributed by atoms with E-state index >= 15 is 0 Å². The molecule has 0 saturated carbocycles. The van der Waals surface area contributed by atoms with Gasteiger partial charge in [-0.2, -0.15) is 4.98 Å². The van der Waals surface area contributed by atoms with Crippen molar-refractivity contribution >= 4 is 33.6 Å². The van der Waals surface area contributed by atoms with Gasteiger partial charge in [-0.3, -0.25) is 4.79 Å². The van der Waals surface area contributed by atoms with Gasteiger partial charge in [0.2, 0.25) is 11.9 Å². The van der Waals surface area contributed by atoms with Crippen molar-refractivity contribution in [3.05, 3.63) is 10.7 Å². The Kier molecular flexibility index (Phi) is 4.54. The van der Waals surface area contributed by atoms with E-state index in [-0.39, 0.29) is 17.9 Å². The molecule has 1 saturated heterocycles. The van der Waals surface area contributed by atoms with Gasteiger partial charge in [-0.25, -0.2) is 4.98 Å². The summed E-state index contributed by atoms with van der Waals surface area (Å²) in [6.07, 6.45) is 1.55. The minimum absolute atomic E-state index is 0.0207. The van der Waals surface area contributed by atoms with Gasteiger partial charge in [0, 0.05) is 19.3 Å². The summed E-state index contributed by atoms with van der Waals surface area (Å²) in [5.41, 5.74) is 5.53. The van der Waals surface area contributed by atoms with E-state index in [1.807, 2.05) is 0 Å². The first-order valence-corrected chi connectivity index (χ1v) is 6.78. The van der Waals surface area contributed by atoms with E-state index < -0.39 is 0 Å². The number of hydrogen-bond acceptors (Lipinski definition) is 6. The Morgan fingerprint density at radius 3 is 2.95 bits per heavy atom. The molecule has 1 aromatic rings. The standard InChI is InChI=1S/C11H16BrN5O2/c1-7(10(18)17-2-4-19-5-3-17)15-9-8(12)6-14-11(13)16-9/h6-7H,2-5H2,1H3,(H3,13,14,15,16). The molecule has 7 nitrogen and oxygen atoms in total. The highest BCUT2D eigenvalue weighted by Crippen LogP contribution is 2.20. The predicted molar refractivity (Wildman–Crippen MR) is 74.6 cm³/mol. The second kappa shape index (κ2) is 6.16. The zero-order chi connectivity index (χ0) is 13.8. The molecule has 0 radical (unpaired) electrons. The molecule has 1 aromatic heterocycles. The van der Waals surface area contributed by atoms with Crippen LogP contribution in [0.2, 0.25) is 0 Å². The number of hydrogen-bond donors (Lipinski definition) is 2. The van der Waals surface area contributed by atoms with Crippen LogP contribution in [0.3, 0.4) is 0 Å². The molecule has 8 heteroatoms. The quantitative estimate of drug-likeness (QED) is 0.837. The van der Waals surface area contributed by atoms with Crippen molar-refractivity contribution in [3.63, 3.8) is 0 Å². The maximum Gasteiger partial charge on any atom is 0.244 e. The number of rotatable bonds is 3. The molecule has 19 heavy (non-hydrogen) atoms. The van der Waals surface area contributed by atoms with Gasteiger partial charge in [-0.1, -0.05) is 0 Å². The number of halogens is 1. The average Bonchev–Trinajstić information content (AvgIpc) is 2.43. The Hall–Kier alpha value is -1.41. The van der Waals surface area contributed by atoms with E-state index in [0.717, 1.165) is 0 Å². The first-order chi connectivity index (χ1) is 9.08. The van der Waals surface area contributed by atoms with Crippen LogP contribution in [0, 0.1) is 0 Å². The van der Waals surface area contributed by atoms with Crippen molar-refractivity contribution in [1.82, 2.24) is 14.9 Å². The molecule has 104 valence electrons. The highest BCUT2D eigenvalue weighted by Gasteiger charge is 2.23. The molecule has 0 bridgehead atoms. The van der Waals surface area contributed by atoms with Crippen LogP contribution in [0.15, 0.2) is 10.7 Å². The predicted octanol–water partition coefficient (Wildman–Crippen LogP) is 0.480. The minimum Gasteiger partial charge on any atom is -0.378 e. The fraction of sp³-hybridized carbons (Fsp3) is 0.545. The summed E-state index contributed by atoms with van der Waals surface area (Å²) in [4.78, 5) is 21.9. The minimum atomic E-state index is -0.385. The topological polar surface area (TPSA) is 93.4 Å². The maximum absolute atomic E-state index is 12.2. The van der Waals surface area contributed by atoms with Gasteiger partial charge in [0.25, 0.3) is 0 Å². The summed E-state index contributed by atoms with van der Waals surface area (Å²) in [5, 5.41) is 3.04. The third kappa shape index (κ3) is 3.54. The maximum atomic E-state index is 12.2. The Morgan fingerprint density at radius 2 is 2.26 bits per heavy atom. The number of nitrogens with two attached hydrogens (primary N) is 1. The second-order valence-corrected chi connectivity index (χ2v) is 5.08. The second-order valence-electron chi connectivity index (χ2n) is 4.23. The largest absolute Gasteiger partial charge is 0.378 e. The van der Waals surface area contributed by atoms with Gasteiger partial charge in [0.1, 0.15) is 11.9 Å². The van der Waals surface area contributed by atoms with E-state index in [9.17, 15) is 4.79 Å². The van der Waals surface area contributed by atoms with Crippen LogP contribution < -0.4 is 11.1 Å². The number of nitrogens with zero attached hydrogens (tertiary/aromatic N) is 3. The van der Waals surface area contributed by atoms with E-state index in [4.69, 9.17) is 10.5 Å². The molecule has 1 fully saturated rings. The lowest BCUT2D eigenvalue weighted by molar-refractivity contribution is -0.135. The molecule has 0 aliphatic carbocycles. The molecular weight excluding hydrogens is 314 g/mol. The first kappa shape index (κ1) is 14.0. The van der Waals surface area contributed by atoms with Crippen molar-refractivity contribution in [1.29, 1.82) is 0 Å². The average molecular weight is 330 g/mol. The van der Waals surface area contributed by atoms with Gasteiger partial charge in [-0.15, -0.1) is 0 Å². The summed E-state index contributed by atoms with van der Waals surface area (Å²) in [6.45, 7) is 4.21. The van der Waals surface area contributed by atoms with Crippen LogP contribution in [0.1, 0.15) is 6.92 Å². The molecule has 1 amide bonds. The normalized spacial score (nSPS) is 17.1. The molecule has 2 rings (SSSR count). The number of carbonyl (C=O) groups excluding carboxylic acids is 1. The number of carbonyl (C=O) groups is 1. The van der Waals surface area contributed by atoms with Gasteiger partial charge >= 0.3 is 0 Å². The van der Waals surface area contributed by atoms with Gasteiger partial charge in [0.15, 0.2) is 0 Å². The van der Waals surface area contributed by atoms with Crippen LogP contribution in [-0.4, -0.2) is 53.1 Å². The lowest BCUT2D eigenvalue weighted by Crippen LogP contribution is -2.47. The van der Waals surface area contributed by atoms with Crippen LogP contribution >= 0.6 is 15.9 Å². The van der Waals surface area contributed by atoms with Crippen LogP contribution in [0.25, 0.3) is 0 Å². The number of nitrogen functional groups attached to an aromatic ring is 1. The van der Waals surface area contributed by atoms with E-state index in [2.05, 4.69) is 31.2 Å². The van der Waals surface area contributed by atoms with Crippen LogP contribution in [0.4, 0.5) is 11.8 Å². The molecular formula is C11H16BrN5O2. The summed E-state index contributed by atoms with van der Waals surface area (Å²) in [7, 11) is 0. The van der Waals surface area contributed by atoms with Crippen molar-refractivity contribution in [2.45, 2.75) is 13.0 Å². The lowest BCUT2D eigenvalue weighted by Gasteiger charge is -2.29. The van der Waals surface area contributed by atoms with E-state index in [1.165, 1.54) is 0 Å². The van der Waals surface area contributed by atoms with Crippen molar-refractivity contribution in [3.8, 4) is 0 Å². The van der Waals surface area contributed by atoms with Crippen LogP contribution in [0.5, 0.6) is 0 Å². The number of aromatic nitrogens is 2. The number of morpholine rings is 1. The third-order valence-corrected chi connectivity index (χ3v) is 3.39. The van der Waals surface area contributed by atoms with Gasteiger partial charge in [0.05, 0.1) is 17.7 Å². The number of nitrogens with one attached hydrogen (secondary N) is 1. The molecule has 1 unspecified atom stereocenters. The number of ether oxygens (including phenoxy) is 1. The van der Waals surface area contributed by atoms with Gasteiger partial charge < -0.3 is 20.7 Å². The van der Waals surface area contributed by atoms with Crippen molar-refractivity contribution in [2.24, 2.45) is 0 Å². The van der Waals surface area contributed by atoms with E-state index in [0.29, 0.717) is 36.6 Å². The summed E-state index contributed by atoms with van der Waals surface area (Å²) < 4.78 is 5.89. The fourth-order valence-electron chi connectivity index (χ4n) is 1.81. The molecule has 1 aliphatic heterocycles. The Morgan fingerprint density at radius 1 is 1.58 bits per heavy atom. The molecule has 0 aromatic carbocycles. The van der Waals surface area contributed by atoms with Crippen LogP contribution in [-0.2, 0) is 9.53 Å². The molecule has 1 atom stereocenters. The monoisotopic (exact) mass is 329 g/mol. The summed E-state index contributed by atoms with van der Waals surface area (Å²) in [5.74, 6) is 0.700. The Bertz CT molecular complexity index is 464. The molecule has 1 aliphatic rings. The van der Waals surface area contributed by atoms with Crippen molar-refractivity contribution < 1.29 is 9.53 Å². The van der Waals surface area contributed by atoms with Crippen molar-refractivity contribution in [2.75, 3.05) is 37.4 Å². The summed E-state index contributed by atoms with van der Waals surface area (Å²) >= 11 is 3.32. The summed E-state index contributed by atoms with van der Waals surface area (Å²) in [6, 6.07) is -0.385. The first-order valence-electron chi connectivity index (χ1n) is 5.99. The van der Waals surface area contributed by atoms with Gasteiger partial charge in [-0.05, 0) is 22.9 Å². The molecule has 0 spiro atoms. The number of amides is 1. The SMILES string of the molecule is CC(Nc1nc(N)ncc1Br)C(=O)N1CCOCC1. The fourth-order valence-corrected chi connectivity index (χ4v) is 2.11. The Balaban J connectivity index is 2.01. The zero-order valence-corrected chi connectivity index (χ0v) is 12.2.